The monoisotopic (exact) mass is 237 g/mol. The lowest BCUT2D eigenvalue weighted by atomic mass is 10.0. The second-order valence-electron chi connectivity index (χ2n) is 4.16. The highest BCUT2D eigenvalue weighted by Gasteiger charge is 2.20. The lowest BCUT2D eigenvalue weighted by Gasteiger charge is -2.24. The number of halogens is 1. The molecular formula is C13H16ClNO. The van der Waals surface area contributed by atoms with E-state index in [0.717, 1.165) is 30.6 Å². The number of nitrogens with zero attached hydrogens (tertiary/aromatic N) is 1. The summed E-state index contributed by atoms with van der Waals surface area (Å²) in [5, 5.41) is 10.6. The fraction of sp³-hybridized carbons (Fsp3) is 0.385. The van der Waals surface area contributed by atoms with Gasteiger partial charge in [0.25, 0.3) is 0 Å². The third kappa shape index (κ3) is 2.39. The maximum Gasteiger partial charge on any atom is 0.0810 e. The Kier molecular flexibility index (Phi) is 3.52. The Balaban J connectivity index is 2.34. The van der Waals surface area contributed by atoms with Crippen molar-refractivity contribution in [2.45, 2.75) is 18.9 Å². The highest BCUT2D eigenvalue weighted by Crippen LogP contribution is 2.32. The number of aliphatic hydroxyl groups excluding tert-OH is 1. The zero-order chi connectivity index (χ0) is 11.5. The summed E-state index contributed by atoms with van der Waals surface area (Å²) in [6, 6.07) is 7.96. The van der Waals surface area contributed by atoms with Crippen molar-refractivity contribution < 1.29 is 5.11 Å². The molecule has 1 aliphatic heterocycles. The first-order chi connectivity index (χ1) is 7.68. The number of benzene rings is 1. The molecule has 0 aromatic heterocycles. The van der Waals surface area contributed by atoms with Gasteiger partial charge < -0.3 is 10.0 Å². The van der Waals surface area contributed by atoms with Crippen LogP contribution in [0.15, 0.2) is 35.9 Å². The Labute approximate surface area is 101 Å². The summed E-state index contributed by atoms with van der Waals surface area (Å²) in [5.41, 5.74) is 2.08. The second-order valence-corrected chi connectivity index (χ2v) is 4.69. The summed E-state index contributed by atoms with van der Waals surface area (Å²) in [4.78, 5) is 2.18. The molecule has 2 nitrogen and oxygen atoms in total. The van der Waals surface area contributed by atoms with Crippen LogP contribution in [0.5, 0.6) is 0 Å². The molecule has 1 N–H and O–H groups in total. The third-order valence-electron chi connectivity index (χ3n) is 2.90. The molecule has 1 aromatic carbocycles. The van der Waals surface area contributed by atoms with E-state index >= 15 is 0 Å². The molecule has 0 spiro atoms. The van der Waals surface area contributed by atoms with Gasteiger partial charge in [-0.3, -0.25) is 0 Å². The Bertz CT molecular complexity index is 391. The molecule has 1 aliphatic rings. The second kappa shape index (κ2) is 4.89. The van der Waals surface area contributed by atoms with Gasteiger partial charge in [-0.1, -0.05) is 36.4 Å². The van der Waals surface area contributed by atoms with Crippen LogP contribution in [0, 0.1) is 0 Å². The molecule has 86 valence electrons. The highest BCUT2D eigenvalue weighted by atomic mass is 35.5. The van der Waals surface area contributed by atoms with Gasteiger partial charge in [-0.2, -0.15) is 0 Å². The van der Waals surface area contributed by atoms with E-state index in [1.165, 1.54) is 0 Å². The van der Waals surface area contributed by atoms with Crippen molar-refractivity contribution in [2.24, 2.45) is 0 Å². The first-order valence-electron chi connectivity index (χ1n) is 5.53. The SMILES string of the molecule is C=C(Cl)CN1CCCC(O)c2ccccc21. The molecule has 1 unspecified atom stereocenters. The minimum atomic E-state index is -0.357. The van der Waals surface area contributed by atoms with Crippen LogP contribution in [0.4, 0.5) is 5.69 Å². The number of fused-ring (bicyclic) bond motifs is 1. The Morgan fingerprint density at radius 1 is 1.50 bits per heavy atom. The Morgan fingerprint density at radius 3 is 3.00 bits per heavy atom. The fourth-order valence-corrected chi connectivity index (χ4v) is 2.32. The van der Waals surface area contributed by atoms with Crippen LogP contribution in [0.25, 0.3) is 0 Å². The normalized spacial score (nSPS) is 20.1. The average Bonchev–Trinajstić information content (AvgIpc) is 2.40. The van der Waals surface area contributed by atoms with Crippen LogP contribution in [0.1, 0.15) is 24.5 Å². The number of aliphatic hydroxyl groups is 1. The fourth-order valence-electron chi connectivity index (χ4n) is 2.18. The molecule has 3 heteroatoms. The van der Waals surface area contributed by atoms with Crippen molar-refractivity contribution in [3.8, 4) is 0 Å². The molecule has 1 aromatic rings. The van der Waals surface area contributed by atoms with Gasteiger partial charge in [-0.25, -0.2) is 0 Å². The van der Waals surface area contributed by atoms with Gasteiger partial charge in [-0.15, -0.1) is 0 Å². The quantitative estimate of drug-likeness (QED) is 0.855. The largest absolute Gasteiger partial charge is 0.388 e. The van der Waals surface area contributed by atoms with Crippen LogP contribution >= 0.6 is 11.6 Å². The number of anilines is 1. The molecule has 0 saturated heterocycles. The van der Waals surface area contributed by atoms with E-state index in [-0.39, 0.29) is 6.10 Å². The van der Waals surface area contributed by atoms with Crippen molar-refractivity contribution in [3.05, 3.63) is 41.4 Å². The van der Waals surface area contributed by atoms with E-state index in [4.69, 9.17) is 11.6 Å². The first-order valence-corrected chi connectivity index (χ1v) is 5.91. The number of hydrogen-bond acceptors (Lipinski definition) is 2. The van der Waals surface area contributed by atoms with Gasteiger partial charge in [0.15, 0.2) is 0 Å². The van der Waals surface area contributed by atoms with Crippen LogP contribution in [-0.2, 0) is 0 Å². The van der Waals surface area contributed by atoms with Crippen LogP contribution in [-0.4, -0.2) is 18.2 Å². The maximum absolute atomic E-state index is 10.0. The van der Waals surface area contributed by atoms with Gasteiger partial charge in [0.2, 0.25) is 0 Å². The van der Waals surface area contributed by atoms with Crippen LogP contribution in [0.2, 0.25) is 0 Å². The van der Waals surface area contributed by atoms with Gasteiger partial charge in [0.1, 0.15) is 0 Å². The first kappa shape index (κ1) is 11.5. The molecule has 0 saturated carbocycles. The summed E-state index contributed by atoms with van der Waals surface area (Å²) in [5.74, 6) is 0. The number of rotatable bonds is 2. The van der Waals surface area contributed by atoms with Crippen molar-refractivity contribution in [3.63, 3.8) is 0 Å². The molecule has 0 aliphatic carbocycles. The standard InChI is InChI=1S/C13H16ClNO/c1-10(14)9-15-8-4-7-13(16)11-5-2-3-6-12(11)15/h2-3,5-6,13,16H,1,4,7-9H2. The summed E-state index contributed by atoms with van der Waals surface area (Å²) in [6.07, 6.45) is 1.42. The molecular weight excluding hydrogens is 222 g/mol. The predicted octanol–water partition coefficient (Wildman–Crippen LogP) is 3.07. The number of para-hydroxylation sites is 1. The molecule has 16 heavy (non-hydrogen) atoms. The Hall–Kier alpha value is -0.990. The molecule has 0 bridgehead atoms. The van der Waals surface area contributed by atoms with E-state index in [1.807, 2.05) is 24.3 Å². The van der Waals surface area contributed by atoms with Crippen LogP contribution in [0.3, 0.4) is 0 Å². The third-order valence-corrected chi connectivity index (χ3v) is 3.02. The summed E-state index contributed by atoms with van der Waals surface area (Å²) in [7, 11) is 0. The highest BCUT2D eigenvalue weighted by molar-refractivity contribution is 6.29. The lowest BCUT2D eigenvalue weighted by Crippen LogP contribution is -2.25. The van der Waals surface area contributed by atoms with E-state index in [0.29, 0.717) is 11.6 Å². The van der Waals surface area contributed by atoms with Gasteiger partial charge in [0.05, 0.1) is 12.6 Å². The minimum Gasteiger partial charge on any atom is -0.388 e. The molecule has 1 heterocycles. The summed E-state index contributed by atoms with van der Waals surface area (Å²) in [6.45, 7) is 5.29. The van der Waals surface area contributed by atoms with Crippen molar-refractivity contribution in [1.82, 2.24) is 0 Å². The minimum absolute atomic E-state index is 0.357. The van der Waals surface area contributed by atoms with Gasteiger partial charge >= 0.3 is 0 Å². The molecule has 0 amide bonds. The topological polar surface area (TPSA) is 23.5 Å². The van der Waals surface area contributed by atoms with E-state index in [1.54, 1.807) is 0 Å². The van der Waals surface area contributed by atoms with Gasteiger partial charge in [-0.05, 0) is 18.9 Å². The zero-order valence-electron chi connectivity index (χ0n) is 9.19. The van der Waals surface area contributed by atoms with Crippen molar-refractivity contribution in [2.75, 3.05) is 18.0 Å². The summed E-state index contributed by atoms with van der Waals surface area (Å²) >= 11 is 5.87. The smallest absolute Gasteiger partial charge is 0.0810 e. The van der Waals surface area contributed by atoms with E-state index in [9.17, 15) is 5.11 Å². The Morgan fingerprint density at radius 2 is 2.25 bits per heavy atom. The van der Waals surface area contributed by atoms with Crippen molar-refractivity contribution in [1.29, 1.82) is 0 Å². The van der Waals surface area contributed by atoms with Gasteiger partial charge in [0, 0.05) is 22.8 Å². The van der Waals surface area contributed by atoms with E-state index < -0.39 is 0 Å². The zero-order valence-corrected chi connectivity index (χ0v) is 9.95. The lowest BCUT2D eigenvalue weighted by molar-refractivity contribution is 0.168. The molecule has 1 atom stereocenters. The van der Waals surface area contributed by atoms with Crippen molar-refractivity contribution >= 4 is 17.3 Å². The maximum atomic E-state index is 10.0. The predicted molar refractivity (Wildman–Crippen MR) is 67.8 cm³/mol. The molecule has 0 radical (unpaired) electrons. The summed E-state index contributed by atoms with van der Waals surface area (Å²) < 4.78 is 0. The van der Waals surface area contributed by atoms with E-state index in [2.05, 4.69) is 11.5 Å². The average molecular weight is 238 g/mol. The molecule has 0 fully saturated rings. The number of hydrogen-bond donors (Lipinski definition) is 1. The van der Waals surface area contributed by atoms with Crippen LogP contribution < -0.4 is 4.90 Å². The molecule has 2 rings (SSSR count).